The maximum atomic E-state index is 11.2. The van der Waals surface area contributed by atoms with Gasteiger partial charge in [0.05, 0.1) is 0 Å². The summed E-state index contributed by atoms with van der Waals surface area (Å²) < 4.78 is 0. The normalized spacial score (nSPS) is 14.0. The first-order valence-corrected chi connectivity index (χ1v) is 7.66. The Hall–Kier alpha value is -0.770. The van der Waals surface area contributed by atoms with E-state index < -0.39 is 12.0 Å². The minimum absolute atomic E-state index is 0.0846. The summed E-state index contributed by atoms with van der Waals surface area (Å²) in [7, 11) is 0. The molecule has 0 aromatic heterocycles. The van der Waals surface area contributed by atoms with Crippen LogP contribution in [0.2, 0.25) is 10.0 Å². The second-order valence-electron chi connectivity index (χ2n) is 4.89. The Kier molecular flexibility index (Phi) is 7.35. The fourth-order valence-corrected chi connectivity index (χ4v) is 2.61. The SMILES string of the molecule is CCCC(NC(CC)Cc1ccc(Cl)cc1Cl)C(=O)O. The number of carbonyl (C=O) groups is 1. The van der Waals surface area contributed by atoms with Crippen molar-refractivity contribution >= 4 is 29.2 Å². The molecular weight excluding hydrogens is 297 g/mol. The van der Waals surface area contributed by atoms with E-state index in [2.05, 4.69) is 5.32 Å². The molecule has 1 aromatic rings. The molecule has 3 nitrogen and oxygen atoms in total. The third kappa shape index (κ3) is 5.31. The molecule has 0 aliphatic carbocycles. The molecule has 2 atom stereocenters. The van der Waals surface area contributed by atoms with Crippen LogP contribution in [-0.2, 0) is 11.2 Å². The van der Waals surface area contributed by atoms with Crippen LogP contribution in [0.15, 0.2) is 18.2 Å². The third-order valence-corrected chi connectivity index (χ3v) is 3.87. The molecule has 0 heterocycles. The lowest BCUT2D eigenvalue weighted by Crippen LogP contribution is -2.44. The molecule has 0 aliphatic heterocycles. The zero-order valence-corrected chi connectivity index (χ0v) is 13.3. The molecule has 0 radical (unpaired) electrons. The second kappa shape index (κ2) is 8.50. The highest BCUT2D eigenvalue weighted by Crippen LogP contribution is 2.22. The average molecular weight is 318 g/mol. The fourth-order valence-electron chi connectivity index (χ4n) is 2.13. The summed E-state index contributed by atoms with van der Waals surface area (Å²) >= 11 is 12.0. The maximum absolute atomic E-state index is 11.2. The zero-order valence-electron chi connectivity index (χ0n) is 11.8. The van der Waals surface area contributed by atoms with Crippen molar-refractivity contribution in [3.05, 3.63) is 33.8 Å². The Balaban J connectivity index is 2.73. The van der Waals surface area contributed by atoms with Gasteiger partial charge in [0.15, 0.2) is 0 Å². The number of carboxylic acid groups (broad SMARTS) is 1. The molecule has 1 aromatic carbocycles. The molecule has 0 spiro atoms. The van der Waals surface area contributed by atoms with Gasteiger partial charge in [0, 0.05) is 16.1 Å². The summed E-state index contributed by atoms with van der Waals surface area (Å²) in [6.45, 7) is 4.01. The smallest absolute Gasteiger partial charge is 0.320 e. The van der Waals surface area contributed by atoms with Gasteiger partial charge < -0.3 is 10.4 Å². The van der Waals surface area contributed by atoms with Crippen molar-refractivity contribution in [3.63, 3.8) is 0 Å². The molecule has 2 unspecified atom stereocenters. The van der Waals surface area contributed by atoms with Gasteiger partial charge in [-0.3, -0.25) is 4.79 Å². The number of hydrogen-bond acceptors (Lipinski definition) is 2. The van der Waals surface area contributed by atoms with E-state index >= 15 is 0 Å². The standard InChI is InChI=1S/C15H21Cl2NO2/c1-3-5-14(15(19)20)18-12(4-2)8-10-6-7-11(16)9-13(10)17/h6-7,9,12,14,18H,3-5,8H2,1-2H3,(H,19,20). The molecule has 0 amide bonds. The number of benzene rings is 1. The van der Waals surface area contributed by atoms with Gasteiger partial charge in [0.25, 0.3) is 0 Å². The number of nitrogens with one attached hydrogen (secondary N) is 1. The molecule has 0 fully saturated rings. The number of halogens is 2. The summed E-state index contributed by atoms with van der Waals surface area (Å²) in [6, 6.07) is 4.99. The van der Waals surface area contributed by atoms with E-state index in [0.29, 0.717) is 22.9 Å². The van der Waals surface area contributed by atoms with E-state index in [0.717, 1.165) is 18.4 Å². The molecule has 20 heavy (non-hydrogen) atoms. The third-order valence-electron chi connectivity index (χ3n) is 3.29. The predicted octanol–water partition coefficient (Wildman–Crippen LogP) is 4.16. The molecule has 0 saturated heterocycles. The molecule has 0 saturated carbocycles. The summed E-state index contributed by atoms with van der Waals surface area (Å²) in [6.07, 6.45) is 2.99. The van der Waals surface area contributed by atoms with E-state index in [4.69, 9.17) is 23.2 Å². The molecule has 1 rings (SSSR count). The van der Waals surface area contributed by atoms with Crippen molar-refractivity contribution in [2.24, 2.45) is 0 Å². The first-order valence-electron chi connectivity index (χ1n) is 6.90. The quantitative estimate of drug-likeness (QED) is 0.757. The van der Waals surface area contributed by atoms with E-state index in [9.17, 15) is 9.90 Å². The zero-order chi connectivity index (χ0) is 15.1. The van der Waals surface area contributed by atoms with Gasteiger partial charge in [-0.05, 0) is 37.0 Å². The Labute approximate surface area is 130 Å². The molecule has 112 valence electrons. The van der Waals surface area contributed by atoms with Crippen LogP contribution in [0.1, 0.15) is 38.7 Å². The average Bonchev–Trinajstić information content (AvgIpc) is 2.39. The van der Waals surface area contributed by atoms with Crippen LogP contribution >= 0.6 is 23.2 Å². The van der Waals surface area contributed by atoms with Crippen molar-refractivity contribution in [1.82, 2.24) is 5.32 Å². The van der Waals surface area contributed by atoms with Gasteiger partial charge in [-0.25, -0.2) is 0 Å². The highest BCUT2D eigenvalue weighted by molar-refractivity contribution is 6.35. The monoisotopic (exact) mass is 317 g/mol. The van der Waals surface area contributed by atoms with Crippen molar-refractivity contribution in [2.45, 2.75) is 51.6 Å². The van der Waals surface area contributed by atoms with Crippen LogP contribution in [-0.4, -0.2) is 23.2 Å². The number of rotatable bonds is 8. The van der Waals surface area contributed by atoms with Crippen molar-refractivity contribution in [3.8, 4) is 0 Å². The number of aliphatic carboxylic acids is 1. The Morgan fingerprint density at radius 3 is 2.55 bits per heavy atom. The molecule has 2 N–H and O–H groups in total. The van der Waals surface area contributed by atoms with Crippen molar-refractivity contribution in [2.75, 3.05) is 0 Å². The minimum Gasteiger partial charge on any atom is -0.480 e. The second-order valence-corrected chi connectivity index (χ2v) is 5.73. The lowest BCUT2D eigenvalue weighted by molar-refractivity contribution is -0.139. The van der Waals surface area contributed by atoms with E-state index in [-0.39, 0.29) is 6.04 Å². The summed E-state index contributed by atoms with van der Waals surface area (Å²) in [4.78, 5) is 11.2. The van der Waals surface area contributed by atoms with Gasteiger partial charge in [-0.2, -0.15) is 0 Å². The van der Waals surface area contributed by atoms with E-state index in [1.54, 1.807) is 12.1 Å². The van der Waals surface area contributed by atoms with Crippen LogP contribution in [0.4, 0.5) is 0 Å². The summed E-state index contributed by atoms with van der Waals surface area (Å²) in [5, 5.41) is 13.6. The Bertz CT molecular complexity index is 451. The Morgan fingerprint density at radius 2 is 2.05 bits per heavy atom. The lowest BCUT2D eigenvalue weighted by atomic mass is 10.0. The van der Waals surface area contributed by atoms with Gasteiger partial charge in [-0.15, -0.1) is 0 Å². The van der Waals surface area contributed by atoms with Gasteiger partial charge >= 0.3 is 5.97 Å². The summed E-state index contributed by atoms with van der Waals surface area (Å²) in [5.74, 6) is -0.799. The van der Waals surface area contributed by atoms with Gasteiger partial charge in [-0.1, -0.05) is 49.5 Å². The molecule has 0 bridgehead atoms. The largest absolute Gasteiger partial charge is 0.480 e. The maximum Gasteiger partial charge on any atom is 0.320 e. The first kappa shape index (κ1) is 17.3. The van der Waals surface area contributed by atoms with Crippen molar-refractivity contribution in [1.29, 1.82) is 0 Å². The fraction of sp³-hybridized carbons (Fsp3) is 0.533. The summed E-state index contributed by atoms with van der Waals surface area (Å²) in [5.41, 5.74) is 0.982. The predicted molar refractivity (Wildman–Crippen MR) is 83.7 cm³/mol. The van der Waals surface area contributed by atoms with Crippen LogP contribution in [0.5, 0.6) is 0 Å². The molecule has 5 heteroatoms. The Morgan fingerprint density at radius 1 is 1.35 bits per heavy atom. The van der Waals surface area contributed by atoms with Gasteiger partial charge in [0.1, 0.15) is 6.04 Å². The number of carboxylic acids is 1. The van der Waals surface area contributed by atoms with Crippen LogP contribution in [0.25, 0.3) is 0 Å². The molecule has 0 aliphatic rings. The van der Waals surface area contributed by atoms with Gasteiger partial charge in [0.2, 0.25) is 0 Å². The molecular formula is C15H21Cl2NO2. The topological polar surface area (TPSA) is 49.3 Å². The van der Waals surface area contributed by atoms with E-state index in [1.165, 1.54) is 0 Å². The van der Waals surface area contributed by atoms with E-state index in [1.807, 2.05) is 19.9 Å². The lowest BCUT2D eigenvalue weighted by Gasteiger charge is -2.22. The first-order chi connectivity index (χ1) is 9.47. The minimum atomic E-state index is -0.799. The highest BCUT2D eigenvalue weighted by Gasteiger charge is 2.20. The van der Waals surface area contributed by atoms with Crippen LogP contribution in [0.3, 0.4) is 0 Å². The van der Waals surface area contributed by atoms with Crippen LogP contribution in [0, 0.1) is 0 Å². The highest BCUT2D eigenvalue weighted by atomic mass is 35.5. The number of hydrogen-bond donors (Lipinski definition) is 2. The van der Waals surface area contributed by atoms with Crippen molar-refractivity contribution < 1.29 is 9.90 Å². The van der Waals surface area contributed by atoms with Crippen LogP contribution < -0.4 is 5.32 Å².